The third kappa shape index (κ3) is 2.24. The molecule has 118 valence electrons. The first-order chi connectivity index (χ1) is 11.1. The van der Waals surface area contributed by atoms with Gasteiger partial charge in [-0.25, -0.2) is 0 Å². The van der Waals surface area contributed by atoms with E-state index in [2.05, 4.69) is 49.2 Å². The monoisotopic (exact) mass is 305 g/mol. The van der Waals surface area contributed by atoms with Crippen LogP contribution in [0.2, 0.25) is 0 Å². The lowest BCUT2D eigenvalue weighted by atomic mass is 9.63. The van der Waals surface area contributed by atoms with Gasteiger partial charge in [-0.05, 0) is 37.9 Å². The Bertz CT molecular complexity index is 749. The van der Waals surface area contributed by atoms with Crippen LogP contribution in [0.5, 0.6) is 0 Å². The minimum atomic E-state index is -0.252. The largest absolute Gasteiger partial charge is 0.305 e. The lowest BCUT2D eigenvalue weighted by Crippen LogP contribution is -2.41. The molecule has 0 unspecified atom stereocenters. The van der Waals surface area contributed by atoms with Gasteiger partial charge >= 0.3 is 0 Å². The highest BCUT2D eigenvalue weighted by atomic mass is 16.1. The van der Waals surface area contributed by atoms with Crippen molar-refractivity contribution in [3.63, 3.8) is 0 Å². The zero-order valence-corrected chi connectivity index (χ0v) is 13.9. The number of rotatable bonds is 1. The first-order valence-corrected chi connectivity index (χ1v) is 8.48. The van der Waals surface area contributed by atoms with E-state index in [9.17, 15) is 4.79 Å². The number of likely N-dealkylation sites (tertiary alicyclic amines) is 1. The fourth-order valence-corrected chi connectivity index (χ4v) is 4.55. The molecule has 2 aliphatic rings. The van der Waals surface area contributed by atoms with E-state index in [1.54, 1.807) is 0 Å². The van der Waals surface area contributed by atoms with E-state index in [4.69, 9.17) is 0 Å². The normalized spacial score (nSPS) is 27.4. The molecule has 23 heavy (non-hydrogen) atoms. The van der Waals surface area contributed by atoms with Gasteiger partial charge in [0.15, 0.2) is 5.78 Å². The lowest BCUT2D eigenvalue weighted by molar-refractivity contribution is 0.0745. The van der Waals surface area contributed by atoms with Gasteiger partial charge in [-0.2, -0.15) is 0 Å². The first-order valence-electron chi connectivity index (χ1n) is 8.48. The van der Waals surface area contributed by atoms with E-state index >= 15 is 0 Å². The van der Waals surface area contributed by atoms with Crippen molar-refractivity contribution in [3.05, 3.63) is 70.8 Å². The summed E-state index contributed by atoms with van der Waals surface area (Å²) in [6.07, 6.45) is 1.98. The summed E-state index contributed by atoms with van der Waals surface area (Å²) in [7, 11) is 2.14. The average Bonchev–Trinajstić information content (AvgIpc) is 2.90. The summed E-state index contributed by atoms with van der Waals surface area (Å²) in [5.41, 5.74) is 4.51. The second-order valence-electron chi connectivity index (χ2n) is 7.30. The highest BCUT2D eigenvalue weighted by Crippen LogP contribution is 2.50. The van der Waals surface area contributed by atoms with E-state index in [1.807, 2.05) is 18.2 Å². The second-order valence-corrected chi connectivity index (χ2v) is 7.30. The number of Topliss-reactive ketones (excluding diaryl/α,β-unsaturated/α-hetero) is 1. The summed E-state index contributed by atoms with van der Waals surface area (Å²) in [4.78, 5) is 15.7. The Morgan fingerprint density at radius 3 is 2.61 bits per heavy atom. The van der Waals surface area contributed by atoms with Gasteiger partial charge in [-0.3, -0.25) is 4.79 Å². The standard InChI is InChI=1S/C21H23NO/c1-15-7-9-17(10-8-15)19-13-22(2)14-21(19)12-11-16-5-3-4-6-18(16)20(21)23/h3-10,19H,11-14H2,1-2H3/t19-,21+/m0/s1. The Balaban J connectivity index is 1.79. The number of ketones is 1. The van der Waals surface area contributed by atoms with Crippen LogP contribution in [0.15, 0.2) is 48.5 Å². The number of fused-ring (bicyclic) bond motifs is 1. The van der Waals surface area contributed by atoms with Gasteiger partial charge < -0.3 is 4.90 Å². The molecule has 0 saturated carbocycles. The molecule has 2 atom stereocenters. The zero-order chi connectivity index (χ0) is 16.0. The average molecular weight is 305 g/mol. The highest BCUT2D eigenvalue weighted by Gasteiger charge is 2.53. The summed E-state index contributed by atoms with van der Waals surface area (Å²) >= 11 is 0. The Kier molecular flexibility index (Phi) is 3.38. The van der Waals surface area contributed by atoms with Crippen molar-refractivity contribution in [1.29, 1.82) is 0 Å². The van der Waals surface area contributed by atoms with Crippen molar-refractivity contribution in [3.8, 4) is 0 Å². The molecule has 1 aliphatic heterocycles. The molecule has 1 heterocycles. The van der Waals surface area contributed by atoms with Crippen molar-refractivity contribution in [2.75, 3.05) is 20.1 Å². The molecule has 2 heteroatoms. The van der Waals surface area contributed by atoms with Crippen LogP contribution in [0.3, 0.4) is 0 Å². The van der Waals surface area contributed by atoms with Gasteiger partial charge in [-0.1, -0.05) is 54.1 Å². The minimum absolute atomic E-state index is 0.252. The second kappa shape index (κ2) is 5.31. The molecule has 1 saturated heterocycles. The molecule has 2 aromatic rings. The van der Waals surface area contributed by atoms with Crippen molar-refractivity contribution in [2.24, 2.45) is 5.41 Å². The van der Waals surface area contributed by atoms with Crippen LogP contribution in [-0.4, -0.2) is 30.8 Å². The van der Waals surface area contributed by atoms with Crippen LogP contribution >= 0.6 is 0 Å². The van der Waals surface area contributed by atoms with Crippen molar-refractivity contribution >= 4 is 5.78 Å². The van der Waals surface area contributed by atoms with Crippen LogP contribution in [0, 0.1) is 12.3 Å². The van der Waals surface area contributed by atoms with Gasteiger partial charge in [-0.15, -0.1) is 0 Å². The number of hydrogen-bond acceptors (Lipinski definition) is 2. The smallest absolute Gasteiger partial charge is 0.171 e. The van der Waals surface area contributed by atoms with Crippen LogP contribution in [0.4, 0.5) is 0 Å². The van der Waals surface area contributed by atoms with Crippen LogP contribution in [0.1, 0.15) is 39.4 Å². The number of likely N-dealkylation sites (N-methyl/N-ethyl adjacent to an activating group) is 1. The molecule has 1 spiro atoms. The molecule has 0 aromatic heterocycles. The van der Waals surface area contributed by atoms with Gasteiger partial charge in [0.25, 0.3) is 0 Å². The summed E-state index contributed by atoms with van der Waals surface area (Å²) in [5.74, 6) is 0.656. The van der Waals surface area contributed by atoms with E-state index in [0.717, 1.165) is 31.5 Å². The molecule has 0 bridgehead atoms. The predicted molar refractivity (Wildman–Crippen MR) is 92.9 cm³/mol. The summed E-state index contributed by atoms with van der Waals surface area (Å²) < 4.78 is 0. The number of carbonyl (C=O) groups excluding carboxylic acids is 1. The molecule has 0 N–H and O–H groups in total. The Labute approximate surface area is 138 Å². The van der Waals surface area contributed by atoms with Crippen LogP contribution in [0.25, 0.3) is 0 Å². The Morgan fingerprint density at radius 1 is 1.09 bits per heavy atom. The molecule has 2 nitrogen and oxygen atoms in total. The topological polar surface area (TPSA) is 20.3 Å². The van der Waals surface area contributed by atoms with Gasteiger partial charge in [0.1, 0.15) is 0 Å². The quantitative estimate of drug-likeness (QED) is 0.798. The first kappa shape index (κ1) is 14.6. The predicted octanol–water partition coefficient (Wildman–Crippen LogP) is 3.84. The minimum Gasteiger partial charge on any atom is -0.305 e. The number of benzene rings is 2. The molecular weight excluding hydrogens is 282 g/mol. The maximum Gasteiger partial charge on any atom is 0.171 e. The maximum absolute atomic E-state index is 13.4. The fraction of sp³-hybridized carbons (Fsp3) is 0.381. The molecule has 1 aliphatic carbocycles. The Morgan fingerprint density at radius 2 is 1.83 bits per heavy atom. The number of nitrogens with zero attached hydrogens (tertiary/aromatic N) is 1. The molecule has 1 fully saturated rings. The third-order valence-electron chi connectivity index (χ3n) is 5.75. The van der Waals surface area contributed by atoms with Crippen LogP contribution < -0.4 is 0 Å². The summed E-state index contributed by atoms with van der Waals surface area (Å²) in [6.45, 7) is 3.96. The van der Waals surface area contributed by atoms with Gasteiger partial charge in [0.2, 0.25) is 0 Å². The van der Waals surface area contributed by atoms with Crippen molar-refractivity contribution in [1.82, 2.24) is 4.90 Å². The molecule has 2 aromatic carbocycles. The van der Waals surface area contributed by atoms with Crippen LogP contribution in [-0.2, 0) is 6.42 Å². The maximum atomic E-state index is 13.4. The third-order valence-corrected chi connectivity index (χ3v) is 5.75. The number of aryl methyl sites for hydroxylation is 2. The lowest BCUT2D eigenvalue weighted by Gasteiger charge is -2.38. The van der Waals surface area contributed by atoms with Gasteiger partial charge in [0, 0.05) is 24.6 Å². The van der Waals surface area contributed by atoms with Gasteiger partial charge in [0.05, 0.1) is 5.41 Å². The fourth-order valence-electron chi connectivity index (χ4n) is 4.55. The molecular formula is C21H23NO. The molecule has 0 amide bonds. The number of carbonyl (C=O) groups is 1. The Hall–Kier alpha value is -1.93. The van der Waals surface area contributed by atoms with Crippen molar-refractivity contribution in [2.45, 2.75) is 25.7 Å². The summed E-state index contributed by atoms with van der Waals surface area (Å²) in [5, 5.41) is 0. The summed E-state index contributed by atoms with van der Waals surface area (Å²) in [6, 6.07) is 16.9. The van der Waals surface area contributed by atoms with Crippen molar-refractivity contribution < 1.29 is 4.79 Å². The number of hydrogen-bond donors (Lipinski definition) is 0. The van der Waals surface area contributed by atoms with E-state index in [1.165, 1.54) is 16.7 Å². The van der Waals surface area contributed by atoms with E-state index < -0.39 is 0 Å². The van der Waals surface area contributed by atoms with E-state index in [0.29, 0.717) is 11.7 Å². The zero-order valence-electron chi connectivity index (χ0n) is 13.9. The highest BCUT2D eigenvalue weighted by molar-refractivity contribution is 6.04. The molecule has 0 radical (unpaired) electrons. The van der Waals surface area contributed by atoms with E-state index in [-0.39, 0.29) is 5.41 Å². The SMILES string of the molecule is Cc1ccc([C@@H]2CN(C)C[C@]23CCc2ccccc2C3=O)cc1. The molecule has 4 rings (SSSR count).